The average molecular weight is 360 g/mol. The smallest absolute Gasteiger partial charge is 0.309 e. The molecule has 0 heterocycles. The lowest BCUT2D eigenvalue weighted by Crippen LogP contribution is -2.15. The Morgan fingerprint density at radius 1 is 0.920 bits per heavy atom. The van der Waals surface area contributed by atoms with Gasteiger partial charge in [0.05, 0.1) is 19.4 Å². The van der Waals surface area contributed by atoms with Crippen molar-refractivity contribution in [2.45, 2.75) is 26.2 Å². The highest BCUT2D eigenvalue weighted by molar-refractivity contribution is 7.53. The van der Waals surface area contributed by atoms with Gasteiger partial charge in [-0.1, -0.05) is 60.7 Å². The molecule has 0 saturated heterocycles. The molecule has 0 amide bonds. The van der Waals surface area contributed by atoms with E-state index in [4.69, 9.17) is 9.05 Å². The lowest BCUT2D eigenvalue weighted by atomic mass is 9.88. The maximum absolute atomic E-state index is 13.0. The van der Waals surface area contributed by atoms with Crippen molar-refractivity contribution >= 4 is 13.4 Å². The van der Waals surface area contributed by atoms with E-state index in [1.807, 2.05) is 60.7 Å². The standard InChI is InChI=1S/C20H25O4P/c1-3-23-25(22,24-4-2)16-15-19(17-11-7-5-8-12-17)20(21)18-13-9-6-10-14-18/h5-14,19H,3-4,15-16H2,1-2H3. The molecular weight excluding hydrogens is 335 g/mol. The largest absolute Gasteiger partial charge is 0.330 e. The summed E-state index contributed by atoms with van der Waals surface area (Å²) < 4.78 is 23.5. The number of hydrogen-bond donors (Lipinski definition) is 0. The lowest BCUT2D eigenvalue weighted by Gasteiger charge is -2.21. The summed E-state index contributed by atoms with van der Waals surface area (Å²) in [5.74, 6) is -0.357. The van der Waals surface area contributed by atoms with Crippen molar-refractivity contribution in [2.75, 3.05) is 19.4 Å². The molecule has 0 saturated carbocycles. The minimum atomic E-state index is -3.18. The number of carbonyl (C=O) groups is 1. The first-order chi connectivity index (χ1) is 12.1. The highest BCUT2D eigenvalue weighted by atomic mass is 31.2. The topological polar surface area (TPSA) is 52.6 Å². The highest BCUT2D eigenvalue weighted by Gasteiger charge is 2.29. The van der Waals surface area contributed by atoms with E-state index in [9.17, 15) is 9.36 Å². The molecule has 0 N–H and O–H groups in total. The molecule has 0 bridgehead atoms. The van der Waals surface area contributed by atoms with E-state index in [0.717, 1.165) is 5.56 Å². The Morgan fingerprint density at radius 2 is 1.44 bits per heavy atom. The van der Waals surface area contributed by atoms with Gasteiger partial charge in [-0.25, -0.2) is 0 Å². The van der Waals surface area contributed by atoms with E-state index in [1.54, 1.807) is 13.8 Å². The van der Waals surface area contributed by atoms with Crippen molar-refractivity contribution in [1.82, 2.24) is 0 Å². The molecule has 0 aliphatic rings. The molecule has 0 radical (unpaired) electrons. The van der Waals surface area contributed by atoms with Crippen molar-refractivity contribution in [1.29, 1.82) is 0 Å². The third kappa shape index (κ3) is 5.64. The van der Waals surface area contributed by atoms with Crippen LogP contribution in [-0.2, 0) is 13.6 Å². The Balaban J connectivity index is 2.24. The van der Waals surface area contributed by atoms with Crippen LogP contribution in [0.4, 0.5) is 0 Å². The molecule has 25 heavy (non-hydrogen) atoms. The van der Waals surface area contributed by atoms with Crippen LogP contribution in [-0.4, -0.2) is 25.2 Å². The molecule has 0 aliphatic carbocycles. The molecule has 1 atom stereocenters. The minimum Gasteiger partial charge on any atom is -0.309 e. The van der Waals surface area contributed by atoms with Gasteiger partial charge in [-0.05, 0) is 25.8 Å². The molecule has 4 nitrogen and oxygen atoms in total. The molecule has 0 aromatic heterocycles. The zero-order valence-electron chi connectivity index (χ0n) is 14.8. The summed E-state index contributed by atoms with van der Waals surface area (Å²) in [6.45, 7) is 4.21. The van der Waals surface area contributed by atoms with Crippen LogP contribution in [0.25, 0.3) is 0 Å². The molecule has 0 aliphatic heterocycles. The van der Waals surface area contributed by atoms with Crippen LogP contribution in [0.2, 0.25) is 0 Å². The van der Waals surface area contributed by atoms with Crippen LogP contribution in [0.5, 0.6) is 0 Å². The van der Waals surface area contributed by atoms with Crippen LogP contribution in [0, 0.1) is 0 Å². The number of rotatable bonds is 10. The molecule has 1 unspecified atom stereocenters. The Kier molecular flexibility index (Phi) is 7.57. The number of carbonyl (C=O) groups excluding carboxylic acids is 1. The summed E-state index contributed by atoms with van der Waals surface area (Å²) in [6, 6.07) is 18.8. The maximum Gasteiger partial charge on any atom is 0.330 e. The predicted octanol–water partition coefficient (Wildman–Crippen LogP) is 5.31. The van der Waals surface area contributed by atoms with E-state index >= 15 is 0 Å². The molecule has 2 rings (SSSR count). The Hall–Kier alpha value is -1.74. The van der Waals surface area contributed by atoms with Crippen molar-refractivity contribution in [3.8, 4) is 0 Å². The van der Waals surface area contributed by atoms with Gasteiger partial charge in [0.2, 0.25) is 0 Å². The summed E-state index contributed by atoms with van der Waals surface area (Å²) in [5.41, 5.74) is 1.56. The van der Waals surface area contributed by atoms with E-state index < -0.39 is 7.60 Å². The van der Waals surface area contributed by atoms with Gasteiger partial charge in [0, 0.05) is 11.5 Å². The van der Waals surface area contributed by atoms with Gasteiger partial charge < -0.3 is 9.05 Å². The van der Waals surface area contributed by atoms with Gasteiger partial charge in [0.15, 0.2) is 5.78 Å². The SMILES string of the molecule is CCOP(=O)(CCC(C(=O)c1ccccc1)c1ccccc1)OCC. The number of hydrogen-bond acceptors (Lipinski definition) is 4. The van der Waals surface area contributed by atoms with Gasteiger partial charge in [-0.15, -0.1) is 0 Å². The van der Waals surface area contributed by atoms with Crippen LogP contribution < -0.4 is 0 Å². The Labute approximate surface area is 149 Å². The van der Waals surface area contributed by atoms with Gasteiger partial charge in [-0.2, -0.15) is 0 Å². The van der Waals surface area contributed by atoms with E-state index in [0.29, 0.717) is 25.2 Å². The van der Waals surface area contributed by atoms with Crippen molar-refractivity contribution < 1.29 is 18.4 Å². The zero-order chi connectivity index (χ0) is 18.1. The van der Waals surface area contributed by atoms with Gasteiger partial charge in [0.25, 0.3) is 0 Å². The quantitative estimate of drug-likeness (QED) is 0.426. The van der Waals surface area contributed by atoms with Crippen molar-refractivity contribution in [3.63, 3.8) is 0 Å². The number of ketones is 1. The fraction of sp³-hybridized carbons (Fsp3) is 0.350. The lowest BCUT2D eigenvalue weighted by molar-refractivity contribution is 0.0957. The van der Waals surface area contributed by atoms with E-state index in [2.05, 4.69) is 0 Å². The summed E-state index contributed by atoms with van der Waals surface area (Å²) in [5, 5.41) is 0. The fourth-order valence-corrected chi connectivity index (χ4v) is 4.48. The Morgan fingerprint density at radius 3 is 1.96 bits per heavy atom. The first kappa shape index (κ1) is 19.6. The molecule has 134 valence electrons. The number of benzene rings is 2. The molecule has 5 heteroatoms. The summed E-state index contributed by atoms with van der Waals surface area (Å²) in [4.78, 5) is 13.0. The van der Waals surface area contributed by atoms with E-state index in [1.165, 1.54) is 0 Å². The second-order valence-corrected chi connectivity index (χ2v) is 7.84. The molecule has 0 fully saturated rings. The summed E-state index contributed by atoms with van der Waals surface area (Å²) in [6.07, 6.45) is 0.627. The summed E-state index contributed by atoms with van der Waals surface area (Å²) >= 11 is 0. The Bertz CT molecular complexity index is 690. The zero-order valence-corrected chi connectivity index (χ0v) is 15.7. The van der Waals surface area contributed by atoms with Crippen LogP contribution in [0.3, 0.4) is 0 Å². The van der Waals surface area contributed by atoms with Gasteiger partial charge >= 0.3 is 7.60 Å². The average Bonchev–Trinajstić information content (AvgIpc) is 2.64. The second kappa shape index (κ2) is 9.67. The van der Waals surface area contributed by atoms with Gasteiger partial charge in [-0.3, -0.25) is 9.36 Å². The van der Waals surface area contributed by atoms with Crippen LogP contribution in [0.15, 0.2) is 60.7 Å². The minimum absolute atomic E-state index is 0.0198. The first-order valence-corrected chi connectivity index (χ1v) is 10.3. The monoisotopic (exact) mass is 360 g/mol. The molecule has 2 aromatic carbocycles. The maximum atomic E-state index is 13.0. The number of Topliss-reactive ketones (excluding diaryl/α,β-unsaturated/α-hetero) is 1. The fourth-order valence-electron chi connectivity index (χ4n) is 2.79. The predicted molar refractivity (Wildman–Crippen MR) is 100 cm³/mol. The third-order valence-corrected chi connectivity index (χ3v) is 6.03. The third-order valence-electron chi connectivity index (χ3n) is 3.92. The normalized spacial score (nSPS) is 12.7. The van der Waals surface area contributed by atoms with Gasteiger partial charge in [0.1, 0.15) is 0 Å². The highest BCUT2D eigenvalue weighted by Crippen LogP contribution is 2.49. The molecule has 0 spiro atoms. The molecule has 2 aromatic rings. The van der Waals surface area contributed by atoms with Crippen molar-refractivity contribution in [2.24, 2.45) is 0 Å². The van der Waals surface area contributed by atoms with Crippen LogP contribution >= 0.6 is 7.60 Å². The second-order valence-electron chi connectivity index (χ2n) is 5.65. The summed E-state index contributed by atoms with van der Waals surface area (Å²) in [7, 11) is -3.18. The van der Waals surface area contributed by atoms with Crippen molar-refractivity contribution in [3.05, 3.63) is 71.8 Å². The van der Waals surface area contributed by atoms with Crippen LogP contribution in [0.1, 0.15) is 42.1 Å². The first-order valence-electron chi connectivity index (χ1n) is 8.62. The molecular formula is C20H25O4P. The van der Waals surface area contributed by atoms with E-state index in [-0.39, 0.29) is 17.9 Å².